The number of hydrogen-bond acceptors (Lipinski definition) is 4. The van der Waals surface area contributed by atoms with Crippen LogP contribution in [0.4, 0.5) is 5.69 Å². The highest BCUT2D eigenvalue weighted by molar-refractivity contribution is 6.30. The number of fused-ring (bicyclic) bond motifs is 1. The fourth-order valence-electron chi connectivity index (χ4n) is 3.87. The van der Waals surface area contributed by atoms with Gasteiger partial charge in [0.05, 0.1) is 5.92 Å². The number of ketones is 1. The number of Topliss-reactive ketones (excluding diaryl/α,β-unsaturated/α-hetero) is 1. The van der Waals surface area contributed by atoms with Gasteiger partial charge in [-0.2, -0.15) is 0 Å². The largest absolute Gasteiger partial charge is 0.492 e. The van der Waals surface area contributed by atoms with Crippen LogP contribution in [0.2, 0.25) is 5.02 Å². The van der Waals surface area contributed by atoms with E-state index in [4.69, 9.17) is 16.3 Å². The minimum absolute atomic E-state index is 0.0690. The first-order chi connectivity index (χ1) is 13.5. The summed E-state index contributed by atoms with van der Waals surface area (Å²) in [6.45, 7) is 4.92. The number of nitrogens with zero attached hydrogens (tertiary/aromatic N) is 2. The molecule has 6 heteroatoms. The minimum atomic E-state index is -0.160. The summed E-state index contributed by atoms with van der Waals surface area (Å²) in [7, 11) is 0. The van der Waals surface area contributed by atoms with Crippen molar-refractivity contribution in [2.45, 2.75) is 13.3 Å². The smallest absolute Gasteiger partial charge is 0.229 e. The zero-order valence-corrected chi connectivity index (χ0v) is 16.6. The van der Waals surface area contributed by atoms with E-state index in [-0.39, 0.29) is 17.6 Å². The number of ether oxygens (including phenoxy) is 1. The summed E-state index contributed by atoms with van der Waals surface area (Å²) in [5, 5.41) is 0.667. The van der Waals surface area contributed by atoms with Gasteiger partial charge in [-0.25, -0.2) is 0 Å². The molecule has 2 aliphatic heterocycles. The van der Waals surface area contributed by atoms with E-state index in [1.165, 1.54) is 0 Å². The lowest BCUT2D eigenvalue weighted by molar-refractivity contribution is -0.137. The number of amides is 1. The maximum Gasteiger partial charge on any atom is 0.229 e. The van der Waals surface area contributed by atoms with E-state index < -0.39 is 0 Å². The summed E-state index contributed by atoms with van der Waals surface area (Å²) in [6.07, 6.45) is 0.668. The molecule has 4 rings (SSSR count). The zero-order valence-electron chi connectivity index (χ0n) is 15.9. The molecule has 1 amide bonds. The van der Waals surface area contributed by atoms with Gasteiger partial charge in [-0.1, -0.05) is 11.6 Å². The topological polar surface area (TPSA) is 49.9 Å². The monoisotopic (exact) mass is 398 g/mol. The number of halogens is 1. The third-order valence-corrected chi connectivity index (χ3v) is 5.74. The molecule has 28 heavy (non-hydrogen) atoms. The van der Waals surface area contributed by atoms with Crippen molar-refractivity contribution in [1.29, 1.82) is 0 Å². The van der Waals surface area contributed by atoms with Crippen molar-refractivity contribution >= 4 is 29.0 Å². The first kappa shape index (κ1) is 18.8. The van der Waals surface area contributed by atoms with Crippen molar-refractivity contribution in [2.75, 3.05) is 37.7 Å². The Bertz CT molecular complexity index is 889. The van der Waals surface area contributed by atoms with Crippen molar-refractivity contribution in [3.05, 3.63) is 58.6 Å². The van der Waals surface area contributed by atoms with Gasteiger partial charge >= 0.3 is 0 Å². The molecule has 0 aliphatic carbocycles. The molecule has 0 spiro atoms. The molecule has 2 aromatic rings. The first-order valence-electron chi connectivity index (χ1n) is 9.57. The van der Waals surface area contributed by atoms with E-state index in [2.05, 4.69) is 4.90 Å². The summed E-state index contributed by atoms with van der Waals surface area (Å²) in [5.74, 6) is 0.886. The number of benzene rings is 2. The average Bonchev–Trinajstić information content (AvgIpc) is 2.73. The van der Waals surface area contributed by atoms with E-state index in [0.29, 0.717) is 31.1 Å². The number of carbonyl (C=O) groups excluding carboxylic acids is 2. The van der Waals surface area contributed by atoms with Crippen LogP contribution in [0.1, 0.15) is 22.8 Å². The number of anilines is 1. The molecule has 0 radical (unpaired) electrons. The van der Waals surface area contributed by atoms with E-state index in [0.717, 1.165) is 35.7 Å². The highest BCUT2D eigenvalue weighted by Crippen LogP contribution is 2.30. The Labute approximate surface area is 169 Å². The van der Waals surface area contributed by atoms with E-state index in [9.17, 15) is 9.59 Å². The summed E-state index contributed by atoms with van der Waals surface area (Å²) < 4.78 is 5.78. The fourth-order valence-corrected chi connectivity index (χ4v) is 4.07. The number of carbonyl (C=O) groups is 2. The lowest BCUT2D eigenvalue weighted by atomic mass is 9.95. The second kappa shape index (κ2) is 7.84. The molecule has 2 aromatic carbocycles. The summed E-state index contributed by atoms with van der Waals surface area (Å²) in [4.78, 5) is 28.6. The molecule has 5 nitrogen and oxygen atoms in total. The van der Waals surface area contributed by atoms with Crippen LogP contribution >= 0.6 is 11.6 Å². The number of piperazine rings is 1. The van der Waals surface area contributed by atoms with Crippen molar-refractivity contribution in [3.8, 4) is 5.75 Å². The van der Waals surface area contributed by atoms with Crippen LogP contribution < -0.4 is 9.64 Å². The highest BCUT2D eigenvalue weighted by Gasteiger charge is 2.31. The average molecular weight is 399 g/mol. The van der Waals surface area contributed by atoms with Crippen molar-refractivity contribution in [3.63, 3.8) is 0 Å². The Balaban J connectivity index is 1.36. The molecule has 0 saturated carbocycles. The highest BCUT2D eigenvalue weighted by atomic mass is 35.5. The van der Waals surface area contributed by atoms with Crippen LogP contribution in [-0.2, 0) is 11.2 Å². The zero-order chi connectivity index (χ0) is 19.7. The van der Waals surface area contributed by atoms with Gasteiger partial charge < -0.3 is 14.5 Å². The van der Waals surface area contributed by atoms with Gasteiger partial charge in [0.25, 0.3) is 0 Å². The van der Waals surface area contributed by atoms with Crippen molar-refractivity contribution in [2.24, 2.45) is 5.92 Å². The Morgan fingerprint density at radius 1 is 1.04 bits per heavy atom. The van der Waals surface area contributed by atoms with Crippen molar-refractivity contribution in [1.82, 2.24) is 4.90 Å². The maximum absolute atomic E-state index is 13.0. The van der Waals surface area contributed by atoms with Crippen LogP contribution in [0.5, 0.6) is 5.75 Å². The summed E-state index contributed by atoms with van der Waals surface area (Å²) in [6, 6.07) is 13.2. The van der Waals surface area contributed by atoms with Crippen LogP contribution in [0.15, 0.2) is 42.5 Å². The maximum atomic E-state index is 13.0. The van der Waals surface area contributed by atoms with Gasteiger partial charge in [-0.15, -0.1) is 0 Å². The quantitative estimate of drug-likeness (QED) is 0.743. The molecule has 1 saturated heterocycles. The number of rotatable bonds is 3. The summed E-state index contributed by atoms with van der Waals surface area (Å²) in [5.41, 5.74) is 2.80. The Morgan fingerprint density at radius 2 is 1.75 bits per heavy atom. The van der Waals surface area contributed by atoms with E-state index in [1.807, 2.05) is 47.4 Å². The van der Waals surface area contributed by atoms with Crippen LogP contribution in [0, 0.1) is 5.92 Å². The normalized spacial score (nSPS) is 19.0. The summed E-state index contributed by atoms with van der Waals surface area (Å²) >= 11 is 6.08. The van der Waals surface area contributed by atoms with Gasteiger partial charge in [0.1, 0.15) is 12.4 Å². The lowest BCUT2D eigenvalue weighted by Crippen LogP contribution is -2.51. The third kappa shape index (κ3) is 3.85. The predicted molar refractivity (Wildman–Crippen MR) is 109 cm³/mol. The molecule has 1 atom stereocenters. The lowest BCUT2D eigenvalue weighted by Gasteiger charge is -2.38. The molecule has 2 heterocycles. The van der Waals surface area contributed by atoms with Gasteiger partial charge in [-0.05, 0) is 61.4 Å². The van der Waals surface area contributed by atoms with Crippen LogP contribution in [0.25, 0.3) is 0 Å². The molecule has 0 N–H and O–H groups in total. The van der Waals surface area contributed by atoms with Crippen molar-refractivity contribution < 1.29 is 14.3 Å². The Kier molecular flexibility index (Phi) is 5.27. The minimum Gasteiger partial charge on any atom is -0.492 e. The fraction of sp³-hybridized carbons (Fsp3) is 0.364. The van der Waals surface area contributed by atoms with E-state index >= 15 is 0 Å². The SMILES string of the molecule is CC(=O)c1ccc(N2CCN(C(=O)[C@H]3COc4ccc(Cl)cc4C3)CC2)cc1. The van der Waals surface area contributed by atoms with Crippen LogP contribution in [0.3, 0.4) is 0 Å². The standard InChI is InChI=1S/C22H23ClN2O3/c1-15(26)16-2-5-20(6-3-16)24-8-10-25(11-9-24)22(27)18-12-17-13-19(23)4-7-21(17)28-14-18/h2-7,13,18H,8-12,14H2,1H3/t18-/m1/s1. The molecule has 2 aliphatic rings. The Hall–Kier alpha value is -2.53. The Morgan fingerprint density at radius 3 is 2.43 bits per heavy atom. The molecule has 146 valence electrons. The second-order valence-electron chi connectivity index (χ2n) is 7.38. The van der Waals surface area contributed by atoms with Gasteiger partial charge in [0, 0.05) is 42.5 Å². The van der Waals surface area contributed by atoms with Gasteiger partial charge in [0.2, 0.25) is 5.91 Å². The molecule has 0 unspecified atom stereocenters. The van der Waals surface area contributed by atoms with Gasteiger partial charge in [-0.3, -0.25) is 9.59 Å². The molecular formula is C22H23ClN2O3. The molecule has 0 bridgehead atoms. The van der Waals surface area contributed by atoms with Gasteiger partial charge in [0.15, 0.2) is 5.78 Å². The molecule has 1 fully saturated rings. The van der Waals surface area contributed by atoms with Crippen LogP contribution in [-0.4, -0.2) is 49.4 Å². The first-order valence-corrected chi connectivity index (χ1v) is 9.95. The second-order valence-corrected chi connectivity index (χ2v) is 7.82. The number of hydrogen-bond donors (Lipinski definition) is 0. The molecule has 0 aromatic heterocycles. The molecular weight excluding hydrogens is 376 g/mol. The predicted octanol–water partition coefficient (Wildman–Crippen LogP) is 3.44. The third-order valence-electron chi connectivity index (χ3n) is 5.51. The van der Waals surface area contributed by atoms with E-state index in [1.54, 1.807) is 6.92 Å².